The molecule has 3 rings (SSSR count). The van der Waals surface area contributed by atoms with Crippen LogP contribution in [0.5, 0.6) is 0 Å². The van der Waals surface area contributed by atoms with Crippen LogP contribution in [0.1, 0.15) is 48.4 Å². The highest BCUT2D eigenvalue weighted by Crippen LogP contribution is 2.24. The molecule has 0 spiro atoms. The number of aryl methyl sites for hydroxylation is 2. The molecule has 0 aliphatic carbocycles. The number of piperidine rings is 1. The van der Waals surface area contributed by atoms with Crippen molar-refractivity contribution >= 4 is 29.9 Å². The van der Waals surface area contributed by atoms with Gasteiger partial charge in [0.05, 0.1) is 24.5 Å². The van der Waals surface area contributed by atoms with Crippen molar-refractivity contribution in [1.29, 1.82) is 0 Å². The Balaban J connectivity index is 0.00000261. The predicted octanol–water partition coefficient (Wildman–Crippen LogP) is 3.39. The van der Waals surface area contributed by atoms with Crippen LogP contribution < -0.4 is 10.6 Å². The average molecular weight is 487 g/mol. The van der Waals surface area contributed by atoms with Crippen molar-refractivity contribution in [3.63, 3.8) is 0 Å². The first kappa shape index (κ1) is 21.7. The molecule has 0 radical (unpaired) electrons. The van der Waals surface area contributed by atoms with Crippen molar-refractivity contribution in [3.05, 3.63) is 41.5 Å². The summed E-state index contributed by atoms with van der Waals surface area (Å²) >= 11 is 0. The molecule has 1 fully saturated rings. The summed E-state index contributed by atoms with van der Waals surface area (Å²) in [4.78, 5) is 11.2. The zero-order valence-corrected chi connectivity index (χ0v) is 18.7. The minimum Gasteiger partial charge on any atom is -0.468 e. The molecule has 1 aliphatic rings. The highest BCUT2D eigenvalue weighted by molar-refractivity contribution is 14.0. The summed E-state index contributed by atoms with van der Waals surface area (Å²) in [6.45, 7) is 7.32. The number of furan rings is 1. The fraction of sp³-hybridized carbons (Fsp3) is 0.579. The number of hydrogen-bond donors (Lipinski definition) is 2. The third-order valence-electron chi connectivity index (χ3n) is 4.87. The van der Waals surface area contributed by atoms with Crippen molar-refractivity contribution < 1.29 is 8.83 Å². The van der Waals surface area contributed by atoms with E-state index in [0.717, 1.165) is 42.8 Å². The van der Waals surface area contributed by atoms with Gasteiger partial charge in [-0.3, -0.25) is 9.89 Å². The monoisotopic (exact) mass is 487 g/mol. The van der Waals surface area contributed by atoms with Gasteiger partial charge in [0, 0.05) is 13.6 Å². The van der Waals surface area contributed by atoms with Gasteiger partial charge in [-0.05, 0) is 51.9 Å². The van der Waals surface area contributed by atoms with Crippen LogP contribution in [0.2, 0.25) is 0 Å². The molecule has 2 aromatic heterocycles. The zero-order chi connectivity index (χ0) is 18.4. The number of rotatable bonds is 6. The molecule has 2 N–H and O–H groups in total. The number of likely N-dealkylation sites (tertiary alicyclic amines) is 1. The molecule has 8 heteroatoms. The number of guanidine groups is 1. The van der Waals surface area contributed by atoms with Gasteiger partial charge in [-0.15, -0.1) is 24.0 Å². The molecule has 3 heterocycles. The van der Waals surface area contributed by atoms with E-state index in [4.69, 9.17) is 8.83 Å². The fourth-order valence-electron chi connectivity index (χ4n) is 3.31. The third kappa shape index (κ3) is 5.97. The normalized spacial score (nSPS) is 16.6. The Labute approximate surface area is 178 Å². The number of hydrogen-bond acceptors (Lipinski definition) is 5. The van der Waals surface area contributed by atoms with E-state index >= 15 is 0 Å². The first-order valence-electron chi connectivity index (χ1n) is 9.32. The van der Waals surface area contributed by atoms with Crippen LogP contribution in [0.3, 0.4) is 0 Å². The smallest absolute Gasteiger partial charge is 0.214 e. The van der Waals surface area contributed by atoms with Crippen molar-refractivity contribution in [2.75, 3.05) is 26.7 Å². The molecule has 1 aliphatic heterocycles. The Hall–Kier alpha value is -1.55. The number of nitrogens with zero attached hydrogens (tertiary/aromatic N) is 3. The van der Waals surface area contributed by atoms with Crippen molar-refractivity contribution in [2.24, 2.45) is 4.99 Å². The molecule has 0 aromatic carbocycles. The molecular weight excluding hydrogens is 457 g/mol. The van der Waals surface area contributed by atoms with Gasteiger partial charge in [0.1, 0.15) is 11.5 Å². The lowest BCUT2D eigenvalue weighted by atomic mass is 10.1. The van der Waals surface area contributed by atoms with E-state index in [1.54, 1.807) is 13.3 Å². The summed E-state index contributed by atoms with van der Waals surface area (Å²) in [5.41, 5.74) is 0.924. The maximum atomic E-state index is 5.69. The predicted molar refractivity (Wildman–Crippen MR) is 116 cm³/mol. The standard InChI is InChI=1S/C19H29N5O2.HI/c1-14-15(2)26-18(23-14)13-22-19(20-3)21-12-16(17-8-7-11-25-17)24-9-5-4-6-10-24;/h7-8,11,16H,4-6,9-10,12-13H2,1-3H3,(H2,20,21,22);1H. The van der Waals surface area contributed by atoms with Gasteiger partial charge in [-0.25, -0.2) is 4.98 Å². The van der Waals surface area contributed by atoms with Crippen molar-refractivity contribution in [1.82, 2.24) is 20.5 Å². The van der Waals surface area contributed by atoms with Gasteiger partial charge in [-0.2, -0.15) is 0 Å². The topological polar surface area (TPSA) is 78.8 Å². The minimum atomic E-state index is 0. The largest absolute Gasteiger partial charge is 0.468 e. The van der Waals surface area contributed by atoms with E-state index in [1.165, 1.54) is 19.3 Å². The van der Waals surface area contributed by atoms with Crippen LogP contribution in [-0.2, 0) is 6.54 Å². The van der Waals surface area contributed by atoms with Crippen LogP contribution in [0.15, 0.2) is 32.2 Å². The van der Waals surface area contributed by atoms with Crippen molar-refractivity contribution in [3.8, 4) is 0 Å². The highest BCUT2D eigenvalue weighted by atomic mass is 127. The van der Waals surface area contributed by atoms with Crippen LogP contribution in [0.4, 0.5) is 0 Å². The number of aliphatic imine (C=N–C) groups is 1. The molecule has 150 valence electrons. The molecule has 7 nitrogen and oxygen atoms in total. The van der Waals surface area contributed by atoms with Gasteiger partial charge in [0.2, 0.25) is 5.89 Å². The molecule has 0 amide bonds. The lowest BCUT2D eigenvalue weighted by molar-refractivity contribution is 0.146. The highest BCUT2D eigenvalue weighted by Gasteiger charge is 2.24. The van der Waals surface area contributed by atoms with Gasteiger partial charge in [-0.1, -0.05) is 6.42 Å². The maximum Gasteiger partial charge on any atom is 0.214 e. The summed E-state index contributed by atoms with van der Waals surface area (Å²) < 4.78 is 11.3. The molecule has 2 aromatic rings. The lowest BCUT2D eigenvalue weighted by Gasteiger charge is -2.33. The van der Waals surface area contributed by atoms with Gasteiger partial charge in [0.15, 0.2) is 5.96 Å². The summed E-state index contributed by atoms with van der Waals surface area (Å²) in [5, 5.41) is 6.68. The summed E-state index contributed by atoms with van der Waals surface area (Å²) in [6, 6.07) is 4.21. The van der Waals surface area contributed by atoms with E-state index in [9.17, 15) is 0 Å². The average Bonchev–Trinajstić information content (AvgIpc) is 3.29. The molecule has 1 atom stereocenters. The third-order valence-corrected chi connectivity index (χ3v) is 4.87. The van der Waals surface area contributed by atoms with Crippen molar-refractivity contribution in [2.45, 2.75) is 45.7 Å². The van der Waals surface area contributed by atoms with Gasteiger partial charge < -0.3 is 19.5 Å². The molecule has 27 heavy (non-hydrogen) atoms. The summed E-state index contributed by atoms with van der Waals surface area (Å²) in [6.07, 6.45) is 5.54. The maximum absolute atomic E-state index is 5.69. The molecule has 1 unspecified atom stereocenters. The fourth-order valence-corrected chi connectivity index (χ4v) is 3.31. The number of aromatic nitrogens is 1. The lowest BCUT2D eigenvalue weighted by Crippen LogP contribution is -2.44. The molecular formula is C19H30IN5O2. The SMILES string of the molecule is CN=C(NCc1nc(C)c(C)o1)NCC(c1ccco1)N1CCCCC1.I. The van der Waals surface area contributed by atoms with E-state index in [2.05, 4.69) is 31.6 Å². The van der Waals surface area contributed by atoms with Crippen LogP contribution >= 0.6 is 24.0 Å². The second kappa shape index (κ2) is 10.7. The van der Waals surface area contributed by atoms with E-state index < -0.39 is 0 Å². The first-order valence-corrected chi connectivity index (χ1v) is 9.32. The second-order valence-electron chi connectivity index (χ2n) is 6.68. The van der Waals surface area contributed by atoms with Gasteiger partial charge in [0.25, 0.3) is 0 Å². The Morgan fingerprint density at radius 2 is 2.04 bits per heavy atom. The van der Waals surface area contributed by atoms with E-state index in [-0.39, 0.29) is 30.0 Å². The quantitative estimate of drug-likeness (QED) is 0.370. The Bertz CT molecular complexity index is 688. The van der Waals surface area contributed by atoms with E-state index in [1.807, 2.05) is 19.9 Å². The summed E-state index contributed by atoms with van der Waals surface area (Å²) in [7, 11) is 1.77. The molecule has 0 bridgehead atoms. The molecule has 0 saturated carbocycles. The number of halogens is 1. The van der Waals surface area contributed by atoms with E-state index in [0.29, 0.717) is 12.4 Å². The first-order chi connectivity index (χ1) is 12.7. The van der Waals surface area contributed by atoms with Crippen LogP contribution in [0.25, 0.3) is 0 Å². The number of oxazole rings is 1. The van der Waals surface area contributed by atoms with Gasteiger partial charge >= 0.3 is 0 Å². The minimum absolute atomic E-state index is 0. The molecule has 1 saturated heterocycles. The van der Waals surface area contributed by atoms with Crippen LogP contribution in [0, 0.1) is 13.8 Å². The Morgan fingerprint density at radius 3 is 2.63 bits per heavy atom. The Morgan fingerprint density at radius 1 is 1.26 bits per heavy atom. The number of nitrogens with one attached hydrogen (secondary N) is 2. The zero-order valence-electron chi connectivity index (χ0n) is 16.3. The van der Waals surface area contributed by atoms with Crippen LogP contribution in [-0.4, -0.2) is 42.5 Å². The summed E-state index contributed by atoms with van der Waals surface area (Å²) in [5.74, 6) is 3.25. The second-order valence-corrected chi connectivity index (χ2v) is 6.68. The Kier molecular flexibility index (Phi) is 8.62.